The molecule has 1 atom stereocenters. The van der Waals surface area contributed by atoms with Gasteiger partial charge in [0.05, 0.1) is 6.10 Å². The fourth-order valence-corrected chi connectivity index (χ4v) is 3.02. The zero-order valence-electron chi connectivity index (χ0n) is 12.0. The van der Waals surface area contributed by atoms with E-state index >= 15 is 0 Å². The molecule has 0 spiro atoms. The van der Waals surface area contributed by atoms with E-state index < -0.39 is 0 Å². The summed E-state index contributed by atoms with van der Waals surface area (Å²) in [6.45, 7) is 4.10. The van der Waals surface area contributed by atoms with Crippen LogP contribution in [0.2, 0.25) is 0 Å². The van der Waals surface area contributed by atoms with Crippen LogP contribution in [0.1, 0.15) is 37.8 Å². The lowest BCUT2D eigenvalue weighted by Crippen LogP contribution is -2.33. The molecule has 1 fully saturated rings. The summed E-state index contributed by atoms with van der Waals surface area (Å²) < 4.78 is 16.7. The van der Waals surface area contributed by atoms with Gasteiger partial charge in [0.15, 0.2) is 11.5 Å². The van der Waals surface area contributed by atoms with Crippen molar-refractivity contribution in [3.05, 3.63) is 23.8 Å². The Kier molecular flexibility index (Phi) is 4.13. The lowest BCUT2D eigenvalue weighted by molar-refractivity contribution is -0.0282. The second-order valence-corrected chi connectivity index (χ2v) is 5.66. The van der Waals surface area contributed by atoms with Gasteiger partial charge in [-0.05, 0) is 49.8 Å². The molecular formula is C16H23NO3. The molecule has 4 nitrogen and oxygen atoms in total. The van der Waals surface area contributed by atoms with Crippen molar-refractivity contribution in [2.45, 2.75) is 38.3 Å². The summed E-state index contributed by atoms with van der Waals surface area (Å²) in [4.78, 5) is 0. The van der Waals surface area contributed by atoms with Gasteiger partial charge in [-0.15, -0.1) is 0 Å². The highest BCUT2D eigenvalue weighted by atomic mass is 16.6. The van der Waals surface area contributed by atoms with Crippen molar-refractivity contribution in [1.82, 2.24) is 0 Å². The van der Waals surface area contributed by atoms with Crippen LogP contribution in [0.4, 0.5) is 0 Å². The highest BCUT2D eigenvalue weighted by Gasteiger charge is 2.31. The predicted octanol–water partition coefficient (Wildman–Crippen LogP) is 2.66. The molecule has 2 N–H and O–H groups in total. The number of hydrogen-bond donors (Lipinski definition) is 1. The van der Waals surface area contributed by atoms with Gasteiger partial charge in [-0.25, -0.2) is 0 Å². The minimum Gasteiger partial charge on any atom is -0.486 e. The van der Waals surface area contributed by atoms with Gasteiger partial charge in [0.1, 0.15) is 13.2 Å². The number of nitrogens with two attached hydrogens (primary N) is 1. The topological polar surface area (TPSA) is 53.7 Å². The van der Waals surface area contributed by atoms with E-state index in [1.165, 1.54) is 0 Å². The van der Waals surface area contributed by atoms with Crippen LogP contribution in [0.25, 0.3) is 0 Å². The van der Waals surface area contributed by atoms with E-state index in [2.05, 4.69) is 6.07 Å². The van der Waals surface area contributed by atoms with Crippen molar-refractivity contribution in [3.63, 3.8) is 0 Å². The van der Waals surface area contributed by atoms with Gasteiger partial charge >= 0.3 is 0 Å². The van der Waals surface area contributed by atoms with E-state index in [9.17, 15) is 0 Å². The Balaban J connectivity index is 1.56. The quantitative estimate of drug-likeness (QED) is 0.899. The second-order valence-electron chi connectivity index (χ2n) is 5.66. The third-order valence-corrected chi connectivity index (χ3v) is 4.18. The predicted molar refractivity (Wildman–Crippen MR) is 77.1 cm³/mol. The molecule has 1 aromatic carbocycles. The lowest BCUT2D eigenvalue weighted by Gasteiger charge is -2.36. The molecule has 0 aromatic heterocycles. The van der Waals surface area contributed by atoms with Crippen molar-refractivity contribution in [2.75, 3.05) is 19.8 Å². The van der Waals surface area contributed by atoms with Crippen molar-refractivity contribution in [2.24, 2.45) is 11.7 Å². The van der Waals surface area contributed by atoms with E-state index in [4.69, 9.17) is 19.9 Å². The third kappa shape index (κ3) is 2.91. The maximum Gasteiger partial charge on any atom is 0.161 e. The Bertz CT molecular complexity index is 457. The first-order valence-corrected chi connectivity index (χ1v) is 7.53. The summed E-state index contributed by atoms with van der Waals surface area (Å²) in [6, 6.07) is 6.11. The molecular weight excluding hydrogens is 254 g/mol. The number of benzene rings is 1. The Morgan fingerprint density at radius 1 is 1.25 bits per heavy atom. The van der Waals surface area contributed by atoms with Crippen molar-refractivity contribution in [3.8, 4) is 11.5 Å². The average Bonchev–Trinajstić information content (AvgIpc) is 2.44. The molecule has 1 heterocycles. The molecule has 1 unspecified atom stereocenters. The summed E-state index contributed by atoms with van der Waals surface area (Å²) in [7, 11) is 0. The normalized spacial score (nSPS) is 25.9. The van der Waals surface area contributed by atoms with Crippen molar-refractivity contribution < 1.29 is 14.2 Å². The van der Waals surface area contributed by atoms with E-state index in [-0.39, 0.29) is 6.04 Å². The SMILES string of the molecule is CCOC1CC(CC(N)c2ccc3c(c2)OCCO3)C1. The van der Waals surface area contributed by atoms with Gasteiger partial charge in [0.2, 0.25) is 0 Å². The molecule has 20 heavy (non-hydrogen) atoms. The van der Waals surface area contributed by atoms with Crippen molar-refractivity contribution in [1.29, 1.82) is 0 Å². The van der Waals surface area contributed by atoms with E-state index in [1.54, 1.807) is 0 Å². The van der Waals surface area contributed by atoms with Gasteiger partial charge in [-0.3, -0.25) is 0 Å². The van der Waals surface area contributed by atoms with E-state index in [0.29, 0.717) is 25.2 Å². The van der Waals surface area contributed by atoms with Crippen LogP contribution in [0.15, 0.2) is 18.2 Å². The number of rotatable bonds is 5. The largest absolute Gasteiger partial charge is 0.486 e. The molecule has 1 aliphatic carbocycles. The first-order chi connectivity index (χ1) is 9.76. The van der Waals surface area contributed by atoms with Crippen molar-refractivity contribution >= 4 is 0 Å². The van der Waals surface area contributed by atoms with Gasteiger partial charge in [-0.2, -0.15) is 0 Å². The zero-order valence-corrected chi connectivity index (χ0v) is 12.0. The van der Waals surface area contributed by atoms with Crippen LogP contribution in [0.5, 0.6) is 11.5 Å². The first-order valence-electron chi connectivity index (χ1n) is 7.53. The standard InChI is InChI=1S/C16H23NO3/c1-2-18-13-7-11(8-13)9-14(17)12-3-4-15-16(10-12)20-6-5-19-15/h3-4,10-11,13-14H,2,5-9,17H2,1H3. The number of ether oxygens (including phenoxy) is 3. The smallest absolute Gasteiger partial charge is 0.161 e. The molecule has 3 rings (SSSR count). The maximum absolute atomic E-state index is 6.32. The Labute approximate surface area is 120 Å². The minimum atomic E-state index is 0.0680. The van der Waals surface area contributed by atoms with E-state index in [0.717, 1.165) is 42.9 Å². The highest BCUT2D eigenvalue weighted by Crippen LogP contribution is 2.38. The summed E-state index contributed by atoms with van der Waals surface area (Å²) >= 11 is 0. The summed E-state index contributed by atoms with van der Waals surface area (Å²) in [5.74, 6) is 2.34. The highest BCUT2D eigenvalue weighted by molar-refractivity contribution is 5.44. The molecule has 1 aromatic rings. The van der Waals surface area contributed by atoms with Gasteiger partial charge in [0.25, 0.3) is 0 Å². The lowest BCUT2D eigenvalue weighted by atomic mass is 9.77. The summed E-state index contributed by atoms with van der Waals surface area (Å²) in [5.41, 5.74) is 7.45. The molecule has 2 aliphatic rings. The van der Waals surface area contributed by atoms with Crippen LogP contribution in [0.3, 0.4) is 0 Å². The third-order valence-electron chi connectivity index (χ3n) is 4.18. The van der Waals surface area contributed by atoms with Crippen LogP contribution in [-0.4, -0.2) is 25.9 Å². The van der Waals surface area contributed by atoms with Gasteiger partial charge < -0.3 is 19.9 Å². The molecule has 1 aliphatic heterocycles. The molecule has 0 radical (unpaired) electrons. The second kappa shape index (κ2) is 6.02. The first kappa shape index (κ1) is 13.7. The molecule has 0 amide bonds. The van der Waals surface area contributed by atoms with Crippen LogP contribution in [-0.2, 0) is 4.74 Å². The van der Waals surface area contributed by atoms with Crippen LogP contribution >= 0.6 is 0 Å². The maximum atomic E-state index is 6.32. The number of fused-ring (bicyclic) bond motifs is 1. The summed E-state index contributed by atoms with van der Waals surface area (Å²) in [6.07, 6.45) is 3.76. The molecule has 0 bridgehead atoms. The average molecular weight is 277 g/mol. The van der Waals surface area contributed by atoms with E-state index in [1.807, 2.05) is 19.1 Å². The molecule has 1 saturated carbocycles. The molecule has 0 saturated heterocycles. The molecule has 4 heteroatoms. The van der Waals surface area contributed by atoms with Gasteiger partial charge in [-0.1, -0.05) is 6.07 Å². The number of hydrogen-bond acceptors (Lipinski definition) is 4. The fourth-order valence-electron chi connectivity index (χ4n) is 3.02. The monoisotopic (exact) mass is 277 g/mol. The molecule has 110 valence electrons. The minimum absolute atomic E-state index is 0.0680. The Morgan fingerprint density at radius 3 is 2.75 bits per heavy atom. The van der Waals surface area contributed by atoms with Crippen LogP contribution in [0, 0.1) is 5.92 Å². The zero-order chi connectivity index (χ0) is 13.9. The Hall–Kier alpha value is -1.26. The summed E-state index contributed by atoms with van der Waals surface area (Å²) in [5, 5.41) is 0. The van der Waals surface area contributed by atoms with Gasteiger partial charge in [0, 0.05) is 12.6 Å². The fraction of sp³-hybridized carbons (Fsp3) is 0.625. The van der Waals surface area contributed by atoms with Crippen LogP contribution < -0.4 is 15.2 Å². The Morgan fingerprint density at radius 2 is 2.00 bits per heavy atom.